The summed E-state index contributed by atoms with van der Waals surface area (Å²) in [5.41, 5.74) is 2.39. The first-order chi connectivity index (χ1) is 10.1. The second-order valence-corrected chi connectivity index (χ2v) is 5.93. The van der Waals surface area contributed by atoms with E-state index in [0.717, 1.165) is 25.1 Å². The van der Waals surface area contributed by atoms with Crippen LogP contribution in [0.2, 0.25) is 0 Å². The van der Waals surface area contributed by atoms with Crippen molar-refractivity contribution in [2.24, 2.45) is 0 Å². The second kappa shape index (κ2) is 7.46. The van der Waals surface area contributed by atoms with Crippen LogP contribution < -0.4 is 10.1 Å². The van der Waals surface area contributed by atoms with E-state index >= 15 is 0 Å². The average molecular weight is 290 g/mol. The Hall–Kier alpha value is -1.55. The van der Waals surface area contributed by atoms with Crippen LogP contribution in [0.1, 0.15) is 30.4 Å². The molecule has 0 saturated carbocycles. The van der Waals surface area contributed by atoms with Crippen molar-refractivity contribution in [3.05, 3.63) is 29.3 Å². The van der Waals surface area contributed by atoms with Crippen LogP contribution in [0, 0.1) is 13.8 Å². The number of carbonyl (C=O) groups excluding carboxylic acids is 1. The lowest BCUT2D eigenvalue weighted by molar-refractivity contribution is -0.133. The van der Waals surface area contributed by atoms with Gasteiger partial charge in [-0.05, 0) is 56.5 Å². The van der Waals surface area contributed by atoms with E-state index in [0.29, 0.717) is 13.2 Å². The van der Waals surface area contributed by atoms with Crippen molar-refractivity contribution >= 4 is 5.91 Å². The van der Waals surface area contributed by atoms with Gasteiger partial charge in [-0.1, -0.05) is 12.5 Å². The Balaban J connectivity index is 1.78. The number of hydrogen-bond donors (Lipinski definition) is 1. The van der Waals surface area contributed by atoms with Gasteiger partial charge in [0, 0.05) is 7.05 Å². The highest BCUT2D eigenvalue weighted by Crippen LogP contribution is 2.16. The van der Waals surface area contributed by atoms with E-state index in [1.165, 1.54) is 17.5 Å². The summed E-state index contributed by atoms with van der Waals surface area (Å²) in [6.07, 6.45) is 3.25. The summed E-state index contributed by atoms with van der Waals surface area (Å²) in [4.78, 5) is 14.0. The Bertz CT molecular complexity index is 461. The third kappa shape index (κ3) is 4.74. The maximum Gasteiger partial charge on any atom is 0.239 e. The number of rotatable bonds is 5. The maximum atomic E-state index is 12.3. The first-order valence-corrected chi connectivity index (χ1v) is 7.76. The third-order valence-electron chi connectivity index (χ3n) is 3.88. The van der Waals surface area contributed by atoms with Crippen LogP contribution in [-0.4, -0.2) is 43.6 Å². The van der Waals surface area contributed by atoms with Crippen molar-refractivity contribution in [3.63, 3.8) is 0 Å². The Morgan fingerprint density at radius 3 is 2.62 bits per heavy atom. The van der Waals surface area contributed by atoms with Gasteiger partial charge in [0.1, 0.15) is 12.4 Å². The van der Waals surface area contributed by atoms with Gasteiger partial charge in [-0.15, -0.1) is 0 Å². The predicted molar refractivity (Wildman–Crippen MR) is 84.7 cm³/mol. The quantitative estimate of drug-likeness (QED) is 0.904. The number of piperidine rings is 1. The highest BCUT2D eigenvalue weighted by molar-refractivity contribution is 5.81. The molecule has 0 spiro atoms. The molecule has 1 aliphatic heterocycles. The van der Waals surface area contributed by atoms with E-state index in [1.54, 1.807) is 4.90 Å². The molecule has 1 fully saturated rings. The van der Waals surface area contributed by atoms with Crippen molar-refractivity contribution in [3.8, 4) is 5.75 Å². The largest absolute Gasteiger partial charge is 0.492 e. The van der Waals surface area contributed by atoms with E-state index in [2.05, 4.69) is 25.2 Å². The lowest BCUT2D eigenvalue weighted by atomic mass is 10.0. The van der Waals surface area contributed by atoms with E-state index in [-0.39, 0.29) is 11.9 Å². The molecule has 1 N–H and O–H groups in total. The van der Waals surface area contributed by atoms with Crippen molar-refractivity contribution < 1.29 is 9.53 Å². The van der Waals surface area contributed by atoms with Crippen LogP contribution in [0.15, 0.2) is 18.2 Å². The zero-order valence-corrected chi connectivity index (χ0v) is 13.3. The van der Waals surface area contributed by atoms with Crippen molar-refractivity contribution in [2.75, 3.05) is 26.7 Å². The molecule has 116 valence electrons. The number of likely N-dealkylation sites (N-methyl/N-ethyl adjacent to an activating group) is 1. The minimum Gasteiger partial charge on any atom is -0.492 e. The number of carbonyl (C=O) groups is 1. The predicted octanol–water partition coefficient (Wildman–Crippen LogP) is 2.28. The molecule has 1 aromatic rings. The molecule has 0 bridgehead atoms. The summed E-state index contributed by atoms with van der Waals surface area (Å²) < 4.78 is 5.76. The van der Waals surface area contributed by atoms with Crippen LogP contribution in [-0.2, 0) is 4.79 Å². The van der Waals surface area contributed by atoms with Gasteiger partial charge >= 0.3 is 0 Å². The van der Waals surface area contributed by atoms with Gasteiger partial charge in [-0.25, -0.2) is 0 Å². The number of hydrogen-bond acceptors (Lipinski definition) is 3. The molecule has 1 amide bonds. The minimum atomic E-state index is -0.00929. The molecular formula is C17H26N2O2. The Morgan fingerprint density at radius 2 is 2.00 bits per heavy atom. The summed E-state index contributed by atoms with van der Waals surface area (Å²) in [5, 5.41) is 3.29. The smallest absolute Gasteiger partial charge is 0.239 e. The summed E-state index contributed by atoms with van der Waals surface area (Å²) in [5.74, 6) is 1.06. The van der Waals surface area contributed by atoms with Crippen molar-refractivity contribution in [2.45, 2.75) is 39.2 Å². The number of ether oxygens (including phenoxy) is 1. The molecule has 1 aliphatic rings. The molecule has 0 aromatic heterocycles. The zero-order valence-electron chi connectivity index (χ0n) is 13.3. The molecule has 21 heavy (non-hydrogen) atoms. The van der Waals surface area contributed by atoms with Gasteiger partial charge in [0.05, 0.1) is 12.6 Å². The van der Waals surface area contributed by atoms with Gasteiger partial charge < -0.3 is 15.0 Å². The van der Waals surface area contributed by atoms with E-state index in [9.17, 15) is 4.79 Å². The normalized spacial score (nSPS) is 18.3. The fraction of sp³-hybridized carbons (Fsp3) is 0.588. The summed E-state index contributed by atoms with van der Waals surface area (Å²) >= 11 is 0. The van der Waals surface area contributed by atoms with Crippen molar-refractivity contribution in [1.82, 2.24) is 10.2 Å². The fourth-order valence-corrected chi connectivity index (χ4v) is 2.76. The van der Waals surface area contributed by atoms with E-state index in [4.69, 9.17) is 4.74 Å². The molecule has 1 aromatic carbocycles. The van der Waals surface area contributed by atoms with Crippen LogP contribution in [0.5, 0.6) is 5.75 Å². The first-order valence-electron chi connectivity index (χ1n) is 7.76. The molecular weight excluding hydrogens is 264 g/mol. The van der Waals surface area contributed by atoms with Crippen LogP contribution in [0.4, 0.5) is 0 Å². The number of nitrogens with one attached hydrogen (secondary N) is 1. The highest BCUT2D eigenvalue weighted by Gasteiger charge is 2.23. The Morgan fingerprint density at radius 1 is 1.29 bits per heavy atom. The molecule has 1 heterocycles. The molecule has 2 rings (SSSR count). The Kier molecular flexibility index (Phi) is 5.62. The van der Waals surface area contributed by atoms with E-state index in [1.807, 2.05) is 19.2 Å². The van der Waals surface area contributed by atoms with Gasteiger partial charge in [0.2, 0.25) is 5.91 Å². The summed E-state index contributed by atoms with van der Waals surface area (Å²) in [6.45, 7) is 6.21. The monoisotopic (exact) mass is 290 g/mol. The molecule has 0 unspecified atom stereocenters. The number of aryl methyl sites for hydroxylation is 2. The minimum absolute atomic E-state index is 0.00929. The SMILES string of the molecule is Cc1cc(C)cc(OCCN(C)C(=O)[C@@H]2CCCCN2)c1. The highest BCUT2D eigenvalue weighted by atomic mass is 16.5. The lowest BCUT2D eigenvalue weighted by Gasteiger charge is -2.27. The number of amides is 1. The Labute approximate surface area is 127 Å². The van der Waals surface area contributed by atoms with Crippen LogP contribution >= 0.6 is 0 Å². The van der Waals surface area contributed by atoms with Gasteiger partial charge in [-0.2, -0.15) is 0 Å². The third-order valence-corrected chi connectivity index (χ3v) is 3.88. The lowest BCUT2D eigenvalue weighted by Crippen LogP contribution is -2.48. The summed E-state index contributed by atoms with van der Waals surface area (Å²) in [7, 11) is 1.85. The van der Waals surface area contributed by atoms with Gasteiger partial charge in [0.15, 0.2) is 0 Å². The molecule has 1 atom stereocenters. The average Bonchev–Trinajstić information content (AvgIpc) is 2.46. The molecule has 0 radical (unpaired) electrons. The molecule has 4 heteroatoms. The number of nitrogens with zero attached hydrogens (tertiary/aromatic N) is 1. The molecule has 1 saturated heterocycles. The van der Waals surface area contributed by atoms with Crippen molar-refractivity contribution in [1.29, 1.82) is 0 Å². The topological polar surface area (TPSA) is 41.6 Å². The second-order valence-electron chi connectivity index (χ2n) is 5.93. The standard InChI is InChI=1S/C17H26N2O2/c1-13-10-14(2)12-15(11-13)21-9-8-19(3)17(20)16-6-4-5-7-18-16/h10-12,16,18H,4-9H2,1-3H3/t16-/m0/s1. The van der Waals surface area contributed by atoms with E-state index < -0.39 is 0 Å². The van der Waals surface area contributed by atoms with Crippen LogP contribution in [0.25, 0.3) is 0 Å². The van der Waals surface area contributed by atoms with Gasteiger partial charge in [0.25, 0.3) is 0 Å². The van der Waals surface area contributed by atoms with Crippen LogP contribution in [0.3, 0.4) is 0 Å². The molecule has 0 aliphatic carbocycles. The maximum absolute atomic E-state index is 12.3. The molecule has 4 nitrogen and oxygen atoms in total. The fourth-order valence-electron chi connectivity index (χ4n) is 2.76. The first kappa shape index (κ1) is 15.8. The number of benzene rings is 1. The summed E-state index contributed by atoms with van der Waals surface area (Å²) in [6, 6.07) is 6.16. The zero-order chi connectivity index (χ0) is 15.2. The van der Waals surface area contributed by atoms with Gasteiger partial charge in [-0.3, -0.25) is 4.79 Å².